The number of hydrogen-bond donors (Lipinski definition) is 1. The zero-order chi connectivity index (χ0) is 12.3. The van der Waals surface area contributed by atoms with Gasteiger partial charge in [-0.3, -0.25) is 4.79 Å². The topological polar surface area (TPSA) is 68.0 Å². The van der Waals surface area contributed by atoms with Crippen LogP contribution in [0.5, 0.6) is 0 Å². The molecule has 2 rings (SSSR count). The van der Waals surface area contributed by atoms with Crippen LogP contribution in [0.2, 0.25) is 0 Å². The number of aromatic nitrogens is 2. The number of carbonyl (C=O) groups excluding carboxylic acids is 1. The van der Waals surface area contributed by atoms with Gasteiger partial charge in [0.15, 0.2) is 0 Å². The van der Waals surface area contributed by atoms with Gasteiger partial charge < -0.3 is 9.73 Å². The lowest BCUT2D eigenvalue weighted by Crippen LogP contribution is -2.28. The monoisotopic (exact) mass is 255 g/mol. The van der Waals surface area contributed by atoms with Crippen LogP contribution in [0.25, 0.3) is 0 Å². The smallest absolute Gasteiger partial charge is 0.277 e. The molecule has 1 heterocycles. The lowest BCUT2D eigenvalue weighted by atomic mass is 10.2. The van der Waals surface area contributed by atoms with Crippen molar-refractivity contribution in [3.8, 4) is 0 Å². The normalized spacial score (nSPS) is 15.2. The van der Waals surface area contributed by atoms with Crippen LogP contribution in [0.3, 0.4) is 0 Å². The Kier molecular flexibility index (Phi) is 4.04. The molecular weight excluding hydrogens is 238 g/mol. The third kappa shape index (κ3) is 4.03. The van der Waals surface area contributed by atoms with Gasteiger partial charge in [0, 0.05) is 12.5 Å². The van der Waals surface area contributed by atoms with Crippen molar-refractivity contribution < 1.29 is 9.21 Å². The van der Waals surface area contributed by atoms with E-state index < -0.39 is 0 Å². The number of rotatable bonds is 6. The molecule has 6 heteroatoms. The maximum atomic E-state index is 11.5. The minimum Gasteiger partial charge on any atom is -0.416 e. The average Bonchev–Trinajstić information content (AvgIpc) is 3.04. The minimum atomic E-state index is 0.00914. The highest BCUT2D eigenvalue weighted by Gasteiger charge is 2.29. The third-order valence-electron chi connectivity index (χ3n) is 2.38. The number of carbonyl (C=O) groups is 1. The first-order chi connectivity index (χ1) is 8.15. The predicted octanol–water partition coefficient (Wildman–Crippen LogP) is 1.81. The molecular formula is C11H17N3O2S. The van der Waals surface area contributed by atoms with Crippen LogP contribution in [0.15, 0.2) is 9.64 Å². The largest absolute Gasteiger partial charge is 0.416 e. The highest BCUT2D eigenvalue weighted by atomic mass is 32.2. The van der Waals surface area contributed by atoms with Crippen molar-refractivity contribution in [3.63, 3.8) is 0 Å². The lowest BCUT2D eigenvalue weighted by Gasteiger charge is -2.05. The molecule has 1 aromatic heterocycles. The summed E-state index contributed by atoms with van der Waals surface area (Å²) in [6.45, 7) is 4.83. The molecule has 1 saturated carbocycles. The maximum absolute atomic E-state index is 11.5. The summed E-state index contributed by atoms with van der Waals surface area (Å²) in [5.41, 5.74) is 0. The second kappa shape index (κ2) is 5.53. The molecule has 0 spiro atoms. The third-order valence-corrected chi connectivity index (χ3v) is 3.20. The van der Waals surface area contributed by atoms with E-state index in [9.17, 15) is 4.79 Å². The number of amides is 1. The summed E-state index contributed by atoms with van der Waals surface area (Å²) in [6, 6.07) is 0. The summed E-state index contributed by atoms with van der Waals surface area (Å²) in [4.78, 5) is 11.5. The fourth-order valence-electron chi connectivity index (χ4n) is 1.27. The highest BCUT2D eigenvalue weighted by Crippen LogP contribution is 2.39. The van der Waals surface area contributed by atoms with Gasteiger partial charge in [0.2, 0.25) is 11.8 Å². The van der Waals surface area contributed by atoms with Crippen molar-refractivity contribution in [1.82, 2.24) is 15.5 Å². The molecule has 0 saturated heterocycles. The van der Waals surface area contributed by atoms with Crippen LogP contribution < -0.4 is 5.32 Å². The Morgan fingerprint density at radius 3 is 2.94 bits per heavy atom. The summed E-state index contributed by atoms with van der Waals surface area (Å²) in [6.07, 6.45) is 2.28. The molecule has 17 heavy (non-hydrogen) atoms. The minimum absolute atomic E-state index is 0.00914. The van der Waals surface area contributed by atoms with Crippen molar-refractivity contribution in [1.29, 1.82) is 0 Å². The highest BCUT2D eigenvalue weighted by molar-refractivity contribution is 7.99. The molecule has 0 atom stereocenters. The van der Waals surface area contributed by atoms with Gasteiger partial charge in [-0.05, 0) is 18.8 Å². The molecule has 0 aliphatic heterocycles. The van der Waals surface area contributed by atoms with Gasteiger partial charge >= 0.3 is 0 Å². The summed E-state index contributed by atoms with van der Waals surface area (Å²) in [5.74, 6) is 1.99. The fraction of sp³-hybridized carbons (Fsp3) is 0.727. The first-order valence-corrected chi connectivity index (χ1v) is 6.86. The maximum Gasteiger partial charge on any atom is 0.277 e. The first kappa shape index (κ1) is 12.4. The van der Waals surface area contributed by atoms with Crippen LogP contribution in [0, 0.1) is 5.92 Å². The molecule has 0 bridgehead atoms. The summed E-state index contributed by atoms with van der Waals surface area (Å²) >= 11 is 1.29. The van der Waals surface area contributed by atoms with Gasteiger partial charge in [-0.1, -0.05) is 25.6 Å². The van der Waals surface area contributed by atoms with Gasteiger partial charge in [0.05, 0.1) is 5.75 Å². The Morgan fingerprint density at radius 2 is 2.29 bits per heavy atom. The van der Waals surface area contributed by atoms with Gasteiger partial charge in [0.25, 0.3) is 5.22 Å². The second-order valence-corrected chi connectivity index (χ2v) is 5.59. The summed E-state index contributed by atoms with van der Waals surface area (Å²) < 4.78 is 5.44. The zero-order valence-electron chi connectivity index (χ0n) is 10.1. The second-order valence-electron chi connectivity index (χ2n) is 4.67. The molecule has 0 aromatic carbocycles. The molecule has 5 nitrogen and oxygen atoms in total. The molecule has 0 radical (unpaired) electrons. The molecule has 1 N–H and O–H groups in total. The molecule has 94 valence electrons. The van der Waals surface area contributed by atoms with Crippen molar-refractivity contribution in [2.24, 2.45) is 5.92 Å². The zero-order valence-corrected chi connectivity index (χ0v) is 10.9. The average molecular weight is 255 g/mol. The Hall–Kier alpha value is -1.04. The van der Waals surface area contributed by atoms with Crippen LogP contribution in [0.4, 0.5) is 0 Å². The van der Waals surface area contributed by atoms with Crippen molar-refractivity contribution in [2.75, 3.05) is 12.3 Å². The molecule has 0 unspecified atom stereocenters. The van der Waals surface area contributed by atoms with Gasteiger partial charge in [-0.15, -0.1) is 10.2 Å². The molecule has 1 fully saturated rings. The lowest BCUT2D eigenvalue weighted by molar-refractivity contribution is -0.118. The van der Waals surface area contributed by atoms with E-state index >= 15 is 0 Å². The standard InChI is InChI=1S/C11H17N3O2S/c1-7(2)5-12-9(15)6-17-11-14-13-10(16-11)8-3-4-8/h7-8H,3-6H2,1-2H3,(H,12,15). The number of hydrogen-bond acceptors (Lipinski definition) is 5. The van der Waals surface area contributed by atoms with E-state index in [-0.39, 0.29) is 5.91 Å². The van der Waals surface area contributed by atoms with Crippen LogP contribution in [-0.4, -0.2) is 28.4 Å². The number of nitrogens with zero attached hydrogens (tertiary/aromatic N) is 2. The molecule has 1 aromatic rings. The van der Waals surface area contributed by atoms with E-state index in [1.54, 1.807) is 0 Å². The van der Waals surface area contributed by atoms with Crippen LogP contribution >= 0.6 is 11.8 Å². The summed E-state index contributed by atoms with van der Waals surface area (Å²) in [7, 11) is 0. The number of thioether (sulfide) groups is 1. The predicted molar refractivity (Wildman–Crippen MR) is 64.8 cm³/mol. The Labute approximate surface area is 105 Å². The summed E-state index contributed by atoms with van der Waals surface area (Å²) in [5, 5.41) is 11.2. The van der Waals surface area contributed by atoms with Gasteiger partial charge in [-0.25, -0.2) is 0 Å². The van der Waals surface area contributed by atoms with Gasteiger partial charge in [0.1, 0.15) is 0 Å². The molecule has 1 amide bonds. The van der Waals surface area contributed by atoms with E-state index in [0.717, 1.165) is 18.7 Å². The van der Waals surface area contributed by atoms with E-state index in [1.165, 1.54) is 11.8 Å². The van der Waals surface area contributed by atoms with Crippen molar-refractivity contribution in [3.05, 3.63) is 5.89 Å². The van der Waals surface area contributed by atoms with Crippen molar-refractivity contribution >= 4 is 17.7 Å². The van der Waals surface area contributed by atoms with E-state index in [0.29, 0.717) is 29.4 Å². The quantitative estimate of drug-likeness (QED) is 0.785. The number of nitrogens with one attached hydrogen (secondary N) is 1. The Bertz CT molecular complexity index is 388. The molecule has 1 aliphatic rings. The molecule has 1 aliphatic carbocycles. The van der Waals surface area contributed by atoms with Crippen molar-refractivity contribution in [2.45, 2.75) is 37.8 Å². The first-order valence-electron chi connectivity index (χ1n) is 5.88. The van der Waals surface area contributed by atoms with Crippen LogP contribution in [-0.2, 0) is 4.79 Å². The Morgan fingerprint density at radius 1 is 1.53 bits per heavy atom. The van der Waals surface area contributed by atoms with E-state index in [4.69, 9.17) is 4.42 Å². The van der Waals surface area contributed by atoms with Gasteiger partial charge in [-0.2, -0.15) is 0 Å². The fourth-order valence-corrected chi connectivity index (χ4v) is 1.87. The van der Waals surface area contributed by atoms with E-state index in [1.807, 2.05) is 0 Å². The van der Waals surface area contributed by atoms with E-state index in [2.05, 4.69) is 29.4 Å². The van der Waals surface area contributed by atoms with Crippen LogP contribution in [0.1, 0.15) is 38.5 Å². The Balaban J connectivity index is 1.71. The SMILES string of the molecule is CC(C)CNC(=O)CSc1nnc(C2CC2)o1.